The second-order valence-corrected chi connectivity index (χ2v) is 15.6. The van der Waals surface area contributed by atoms with Crippen LogP contribution in [0, 0.1) is 0 Å². The summed E-state index contributed by atoms with van der Waals surface area (Å²) in [4.78, 5) is 36.7. The first-order chi connectivity index (χ1) is 26.2. The van der Waals surface area contributed by atoms with E-state index < -0.39 is 54.7 Å². The Kier molecular flexibility index (Phi) is 32.1. The minimum Gasteiger partial charge on any atom is -0.479 e. The molecule has 4 N–H and O–H groups in total. The van der Waals surface area contributed by atoms with Gasteiger partial charge in [-0.3, -0.25) is 9.59 Å². The van der Waals surface area contributed by atoms with Gasteiger partial charge in [0.25, 0.3) is 0 Å². The Balaban J connectivity index is 2.34. The number of carbonyl (C=O) groups is 3. The Morgan fingerprint density at radius 2 is 0.870 bits per heavy atom. The number of carboxylic acid groups (broad SMARTS) is 1. The molecule has 1 saturated heterocycles. The third-order valence-corrected chi connectivity index (χ3v) is 10.5. The number of rotatable bonds is 37. The highest BCUT2D eigenvalue weighted by Gasteiger charge is 2.47. The average Bonchev–Trinajstić information content (AvgIpc) is 3.15. The molecule has 0 aromatic carbocycles. The van der Waals surface area contributed by atoms with Gasteiger partial charge in [0.05, 0.1) is 6.61 Å². The highest BCUT2D eigenvalue weighted by molar-refractivity contribution is 5.73. The molecular formula is C43H80O11. The zero-order valence-electron chi connectivity index (χ0n) is 34.2. The van der Waals surface area contributed by atoms with Crippen molar-refractivity contribution in [1.29, 1.82) is 0 Å². The molecule has 54 heavy (non-hydrogen) atoms. The van der Waals surface area contributed by atoms with Crippen molar-refractivity contribution < 1.29 is 53.8 Å². The Labute approximate surface area is 327 Å². The minimum absolute atomic E-state index is 0.190. The van der Waals surface area contributed by atoms with Crippen LogP contribution in [-0.4, -0.2) is 88.4 Å². The van der Waals surface area contributed by atoms with Crippen molar-refractivity contribution in [2.75, 3.05) is 13.2 Å². The summed E-state index contributed by atoms with van der Waals surface area (Å²) >= 11 is 0. The van der Waals surface area contributed by atoms with E-state index >= 15 is 0 Å². The molecule has 0 amide bonds. The van der Waals surface area contributed by atoms with E-state index in [0.717, 1.165) is 38.5 Å². The number of hydrogen-bond donors (Lipinski definition) is 4. The van der Waals surface area contributed by atoms with Gasteiger partial charge in [0.2, 0.25) is 0 Å². The summed E-state index contributed by atoms with van der Waals surface area (Å²) in [5.41, 5.74) is 0. The van der Waals surface area contributed by atoms with Crippen LogP contribution >= 0.6 is 0 Å². The van der Waals surface area contributed by atoms with Crippen molar-refractivity contribution in [2.24, 2.45) is 0 Å². The van der Waals surface area contributed by atoms with E-state index in [1.165, 1.54) is 128 Å². The SMILES string of the molecule is CCCCCCCCCCCCCCCCCCCC(=O)OCC(COC1OC(C(=O)O)C(O)C(O)C1O)OC(=O)CCCCCCCCCCCCC. The van der Waals surface area contributed by atoms with Crippen LogP contribution in [0.4, 0.5) is 0 Å². The molecule has 11 heteroatoms. The molecule has 0 saturated carbocycles. The number of aliphatic hydroxyl groups is 3. The summed E-state index contributed by atoms with van der Waals surface area (Å²) < 4.78 is 21.7. The monoisotopic (exact) mass is 773 g/mol. The predicted octanol–water partition coefficient (Wildman–Crippen LogP) is 9.09. The normalized spacial score (nSPS) is 20.5. The number of aliphatic hydroxyl groups excluding tert-OH is 3. The molecule has 0 aromatic rings. The van der Waals surface area contributed by atoms with E-state index in [0.29, 0.717) is 12.8 Å². The number of carbonyl (C=O) groups excluding carboxylic acids is 2. The van der Waals surface area contributed by atoms with Gasteiger partial charge in [0.1, 0.15) is 24.9 Å². The number of unbranched alkanes of at least 4 members (excludes halogenated alkanes) is 26. The Morgan fingerprint density at radius 1 is 0.500 bits per heavy atom. The van der Waals surface area contributed by atoms with Crippen LogP contribution in [0.2, 0.25) is 0 Å². The van der Waals surface area contributed by atoms with Crippen molar-refractivity contribution in [2.45, 2.75) is 243 Å². The third-order valence-electron chi connectivity index (χ3n) is 10.5. The van der Waals surface area contributed by atoms with Crippen LogP contribution in [0.5, 0.6) is 0 Å². The van der Waals surface area contributed by atoms with Crippen LogP contribution < -0.4 is 0 Å². The molecule has 0 aromatic heterocycles. The van der Waals surface area contributed by atoms with Crippen LogP contribution in [0.25, 0.3) is 0 Å². The molecule has 0 aliphatic carbocycles. The van der Waals surface area contributed by atoms with Gasteiger partial charge in [0.15, 0.2) is 18.5 Å². The average molecular weight is 773 g/mol. The Bertz CT molecular complexity index is 916. The summed E-state index contributed by atoms with van der Waals surface area (Å²) in [5.74, 6) is -2.43. The number of hydrogen-bond acceptors (Lipinski definition) is 10. The Hall–Kier alpha value is -1.79. The molecule has 11 nitrogen and oxygen atoms in total. The lowest BCUT2D eigenvalue weighted by Crippen LogP contribution is -2.60. The summed E-state index contributed by atoms with van der Waals surface area (Å²) in [7, 11) is 0. The lowest BCUT2D eigenvalue weighted by Gasteiger charge is -2.38. The van der Waals surface area contributed by atoms with Crippen molar-refractivity contribution in [1.82, 2.24) is 0 Å². The number of carboxylic acids is 1. The highest BCUT2D eigenvalue weighted by Crippen LogP contribution is 2.23. The molecule has 1 aliphatic rings. The molecule has 0 bridgehead atoms. The van der Waals surface area contributed by atoms with E-state index in [1.807, 2.05) is 0 Å². The lowest BCUT2D eigenvalue weighted by atomic mass is 9.99. The molecule has 0 radical (unpaired) electrons. The largest absolute Gasteiger partial charge is 0.479 e. The van der Waals surface area contributed by atoms with Gasteiger partial charge < -0.3 is 39.4 Å². The first-order valence-corrected chi connectivity index (χ1v) is 22.1. The summed E-state index contributed by atoms with van der Waals surface area (Å²) in [5, 5.41) is 39.7. The molecule has 1 heterocycles. The number of aliphatic carboxylic acids is 1. The topological polar surface area (TPSA) is 169 Å². The molecule has 318 valence electrons. The molecule has 1 fully saturated rings. The van der Waals surface area contributed by atoms with Gasteiger partial charge in [-0.15, -0.1) is 0 Å². The standard InChI is InChI=1S/C43H80O11/c1-3-5-7-9-11-13-15-16-17-18-19-20-22-23-25-27-29-31-36(44)51-33-35(34-52-43-40(48)38(46)39(47)41(54-43)42(49)50)53-37(45)32-30-28-26-24-21-14-12-10-8-6-4-2/h35,38-41,43,46-48H,3-34H2,1-2H3,(H,49,50). The van der Waals surface area contributed by atoms with Crippen LogP contribution in [0.3, 0.4) is 0 Å². The smallest absolute Gasteiger partial charge is 0.335 e. The van der Waals surface area contributed by atoms with Gasteiger partial charge in [-0.05, 0) is 12.8 Å². The van der Waals surface area contributed by atoms with Gasteiger partial charge in [-0.2, -0.15) is 0 Å². The van der Waals surface area contributed by atoms with E-state index in [4.69, 9.17) is 18.9 Å². The predicted molar refractivity (Wildman–Crippen MR) is 211 cm³/mol. The van der Waals surface area contributed by atoms with Crippen molar-refractivity contribution in [3.05, 3.63) is 0 Å². The summed E-state index contributed by atoms with van der Waals surface area (Å²) in [6.07, 6.45) is 24.5. The highest BCUT2D eigenvalue weighted by atomic mass is 16.7. The second kappa shape index (κ2) is 34.5. The van der Waals surface area contributed by atoms with Crippen LogP contribution in [0.1, 0.15) is 206 Å². The van der Waals surface area contributed by atoms with Crippen molar-refractivity contribution in [3.8, 4) is 0 Å². The third kappa shape index (κ3) is 26.1. The van der Waals surface area contributed by atoms with E-state index in [-0.39, 0.29) is 26.1 Å². The van der Waals surface area contributed by atoms with Gasteiger partial charge in [-0.1, -0.05) is 181 Å². The quantitative estimate of drug-likeness (QED) is 0.0351. The molecule has 1 rings (SSSR count). The molecular weight excluding hydrogens is 692 g/mol. The first kappa shape index (κ1) is 50.2. The molecule has 1 aliphatic heterocycles. The van der Waals surface area contributed by atoms with Crippen molar-refractivity contribution in [3.63, 3.8) is 0 Å². The maximum Gasteiger partial charge on any atom is 0.335 e. The zero-order valence-corrected chi connectivity index (χ0v) is 34.2. The minimum atomic E-state index is -1.85. The summed E-state index contributed by atoms with van der Waals surface area (Å²) in [6.45, 7) is 3.82. The van der Waals surface area contributed by atoms with E-state index in [1.54, 1.807) is 0 Å². The Morgan fingerprint density at radius 3 is 1.26 bits per heavy atom. The van der Waals surface area contributed by atoms with Crippen molar-refractivity contribution >= 4 is 17.9 Å². The molecule has 0 spiro atoms. The first-order valence-electron chi connectivity index (χ1n) is 22.1. The fourth-order valence-electron chi connectivity index (χ4n) is 6.94. The van der Waals surface area contributed by atoms with Gasteiger partial charge in [-0.25, -0.2) is 4.79 Å². The van der Waals surface area contributed by atoms with Gasteiger partial charge in [0, 0.05) is 12.8 Å². The fourth-order valence-corrected chi connectivity index (χ4v) is 6.94. The van der Waals surface area contributed by atoms with Crippen LogP contribution in [0.15, 0.2) is 0 Å². The zero-order chi connectivity index (χ0) is 39.7. The van der Waals surface area contributed by atoms with Crippen LogP contribution in [-0.2, 0) is 33.3 Å². The second-order valence-electron chi connectivity index (χ2n) is 15.6. The van der Waals surface area contributed by atoms with E-state index in [2.05, 4.69) is 13.8 Å². The lowest BCUT2D eigenvalue weighted by molar-refractivity contribution is -0.298. The number of esters is 2. The summed E-state index contributed by atoms with van der Waals surface area (Å²) in [6, 6.07) is 0. The molecule has 6 atom stereocenters. The molecule has 6 unspecified atom stereocenters. The number of ether oxygens (including phenoxy) is 4. The van der Waals surface area contributed by atoms with Gasteiger partial charge >= 0.3 is 17.9 Å². The van der Waals surface area contributed by atoms with E-state index in [9.17, 15) is 34.8 Å². The maximum atomic E-state index is 12.7. The fraction of sp³-hybridized carbons (Fsp3) is 0.930. The maximum absolute atomic E-state index is 12.7.